The largest absolute Gasteiger partial charge is 0.246 e. The minimum absolute atomic E-state index is 0.0262. The van der Waals surface area contributed by atoms with Crippen LogP contribution in [0.25, 0.3) is 65.2 Å². The van der Waals surface area contributed by atoms with Gasteiger partial charge in [-0.15, -0.1) is 11.3 Å². The number of fused-ring (bicyclic) bond motifs is 2. The lowest BCUT2D eigenvalue weighted by molar-refractivity contribution is 0.590. The van der Waals surface area contributed by atoms with Crippen LogP contribution in [0.3, 0.4) is 0 Å². The predicted molar refractivity (Wildman–Crippen MR) is 204 cm³/mol. The van der Waals surface area contributed by atoms with Gasteiger partial charge in [0.15, 0.2) is 0 Å². The lowest BCUT2D eigenvalue weighted by Gasteiger charge is -2.23. The quantitative estimate of drug-likeness (QED) is 0.193. The molecule has 0 saturated carbocycles. The molecule has 3 heterocycles. The zero-order valence-electron chi connectivity index (χ0n) is 28.7. The van der Waals surface area contributed by atoms with Gasteiger partial charge in [0, 0.05) is 16.0 Å². The summed E-state index contributed by atoms with van der Waals surface area (Å²) in [4.78, 5) is 11.9. The van der Waals surface area contributed by atoms with Crippen LogP contribution in [0, 0.1) is 13.8 Å². The molecule has 3 heteroatoms. The molecule has 4 aromatic carbocycles. The van der Waals surface area contributed by atoms with Crippen LogP contribution in [-0.4, -0.2) is 9.97 Å². The molecular weight excluding hydrogens is 589 g/mol. The van der Waals surface area contributed by atoms with Gasteiger partial charge in [-0.25, -0.2) is 9.97 Å². The topological polar surface area (TPSA) is 25.8 Å². The van der Waals surface area contributed by atoms with Gasteiger partial charge >= 0.3 is 0 Å². The van der Waals surface area contributed by atoms with Crippen molar-refractivity contribution in [2.75, 3.05) is 0 Å². The van der Waals surface area contributed by atoms with Gasteiger partial charge in [-0.1, -0.05) is 114 Å². The van der Waals surface area contributed by atoms with Crippen molar-refractivity contribution in [1.29, 1.82) is 0 Å². The molecule has 0 aliphatic carbocycles. The molecule has 0 aliphatic heterocycles. The first-order valence-corrected chi connectivity index (χ1v) is 17.3. The number of aryl methyl sites for hydroxylation is 2. The zero-order valence-corrected chi connectivity index (χ0v) is 29.5. The number of benzene rings is 4. The van der Waals surface area contributed by atoms with E-state index in [1.807, 2.05) is 17.4 Å². The molecule has 2 nitrogen and oxygen atoms in total. The molecule has 0 N–H and O–H groups in total. The standard InChI is InChI=1S/C44H42N2S/c1-27-20-37(29-14-10-9-11-15-29)45-38(21-27)39-25-32-26-40(34-19-18-33(22-28(34)2)43(3,4)5)47-42(32)41(46-39)31-23-30-16-12-13-17-35(30)36(24-31)44(6,7)8/h9-26H,1-8H3. The summed E-state index contributed by atoms with van der Waals surface area (Å²) in [7, 11) is 0. The SMILES string of the molecule is Cc1cc(-c2ccccc2)nc(-c2cc3cc(-c4ccc(C(C)(C)C)cc4C)sc3c(-c3cc(C(C)(C)C)c4ccccc4c3)n2)c1. The summed E-state index contributed by atoms with van der Waals surface area (Å²) in [6.45, 7) is 18.1. The zero-order chi connectivity index (χ0) is 33.1. The molecule has 0 saturated heterocycles. The molecule has 0 radical (unpaired) electrons. The Labute approximate surface area is 283 Å². The Morgan fingerprint density at radius 2 is 1.26 bits per heavy atom. The minimum Gasteiger partial charge on any atom is -0.246 e. The van der Waals surface area contributed by atoms with Crippen LogP contribution in [0.4, 0.5) is 0 Å². The Balaban J connectivity index is 1.49. The van der Waals surface area contributed by atoms with Crippen molar-refractivity contribution in [2.45, 2.75) is 66.2 Å². The molecule has 0 aliphatic rings. The van der Waals surface area contributed by atoms with E-state index in [2.05, 4.69) is 159 Å². The van der Waals surface area contributed by atoms with Gasteiger partial charge in [0.05, 0.1) is 27.5 Å². The number of nitrogens with zero attached hydrogens (tertiary/aromatic N) is 2. The highest BCUT2D eigenvalue weighted by molar-refractivity contribution is 7.22. The maximum atomic E-state index is 5.47. The van der Waals surface area contributed by atoms with Gasteiger partial charge in [-0.05, 0) is 105 Å². The van der Waals surface area contributed by atoms with Crippen molar-refractivity contribution in [2.24, 2.45) is 0 Å². The molecule has 0 fully saturated rings. The fourth-order valence-corrected chi connectivity index (χ4v) is 7.78. The lowest BCUT2D eigenvalue weighted by Crippen LogP contribution is -2.12. The Hall–Kier alpha value is -4.60. The van der Waals surface area contributed by atoms with Crippen molar-refractivity contribution in [1.82, 2.24) is 9.97 Å². The Bertz CT molecular complexity index is 2280. The smallest absolute Gasteiger partial charge is 0.0901 e. The van der Waals surface area contributed by atoms with Crippen molar-refractivity contribution >= 4 is 32.2 Å². The molecule has 7 rings (SSSR count). The van der Waals surface area contributed by atoms with Crippen LogP contribution in [0.5, 0.6) is 0 Å². The summed E-state index contributed by atoms with van der Waals surface area (Å²) in [6.07, 6.45) is 0. The van der Waals surface area contributed by atoms with Gasteiger partial charge in [0.25, 0.3) is 0 Å². The van der Waals surface area contributed by atoms with E-state index in [1.54, 1.807) is 0 Å². The van der Waals surface area contributed by atoms with E-state index in [-0.39, 0.29) is 10.8 Å². The first-order chi connectivity index (χ1) is 22.3. The van der Waals surface area contributed by atoms with Crippen molar-refractivity contribution in [3.63, 3.8) is 0 Å². The number of hydrogen-bond donors (Lipinski definition) is 0. The number of hydrogen-bond acceptors (Lipinski definition) is 3. The number of rotatable bonds is 4. The maximum Gasteiger partial charge on any atom is 0.0901 e. The van der Waals surface area contributed by atoms with E-state index < -0.39 is 0 Å². The highest BCUT2D eigenvalue weighted by atomic mass is 32.1. The van der Waals surface area contributed by atoms with Crippen molar-refractivity contribution in [3.05, 3.63) is 131 Å². The van der Waals surface area contributed by atoms with Crippen molar-refractivity contribution < 1.29 is 0 Å². The molecule has 234 valence electrons. The Morgan fingerprint density at radius 1 is 0.553 bits per heavy atom. The highest BCUT2D eigenvalue weighted by Crippen LogP contribution is 2.43. The molecule has 0 amide bonds. The van der Waals surface area contributed by atoms with E-state index in [0.29, 0.717) is 0 Å². The molecule has 0 unspecified atom stereocenters. The van der Waals surface area contributed by atoms with Crippen LogP contribution >= 0.6 is 11.3 Å². The third-order valence-corrected chi connectivity index (χ3v) is 10.3. The molecule has 7 aromatic rings. The number of aromatic nitrogens is 2. The van der Waals surface area contributed by atoms with E-state index in [0.717, 1.165) is 33.9 Å². The maximum absolute atomic E-state index is 5.47. The first kappa shape index (κ1) is 31.0. The number of thiophene rings is 1. The second kappa shape index (κ2) is 11.6. The van der Waals surface area contributed by atoms with E-state index in [4.69, 9.17) is 9.97 Å². The summed E-state index contributed by atoms with van der Waals surface area (Å²) in [5.41, 5.74) is 12.5. The number of pyridine rings is 2. The fourth-order valence-electron chi connectivity index (χ4n) is 6.54. The van der Waals surface area contributed by atoms with Gasteiger partial charge in [-0.3, -0.25) is 0 Å². The van der Waals surface area contributed by atoms with Gasteiger partial charge in [-0.2, -0.15) is 0 Å². The van der Waals surface area contributed by atoms with Crippen LogP contribution in [-0.2, 0) is 10.8 Å². The van der Waals surface area contributed by atoms with Crippen LogP contribution < -0.4 is 0 Å². The molecular formula is C44H42N2S. The summed E-state index contributed by atoms with van der Waals surface area (Å²) in [5.74, 6) is 0. The van der Waals surface area contributed by atoms with Crippen molar-refractivity contribution in [3.8, 4) is 44.3 Å². The third-order valence-electron chi connectivity index (χ3n) is 9.10. The molecule has 3 aromatic heterocycles. The van der Waals surface area contributed by atoms with E-state index in [1.165, 1.54) is 53.6 Å². The average Bonchev–Trinajstić information content (AvgIpc) is 3.47. The predicted octanol–water partition coefficient (Wildman–Crippen LogP) is 12.7. The Morgan fingerprint density at radius 3 is 1.98 bits per heavy atom. The fraction of sp³-hybridized carbons (Fsp3) is 0.227. The highest BCUT2D eigenvalue weighted by Gasteiger charge is 2.22. The van der Waals surface area contributed by atoms with Gasteiger partial charge < -0.3 is 0 Å². The normalized spacial score (nSPS) is 12.3. The summed E-state index contributed by atoms with van der Waals surface area (Å²) < 4.78 is 1.20. The third kappa shape index (κ3) is 6.01. The summed E-state index contributed by atoms with van der Waals surface area (Å²) >= 11 is 1.84. The van der Waals surface area contributed by atoms with E-state index >= 15 is 0 Å². The monoisotopic (exact) mass is 630 g/mol. The van der Waals surface area contributed by atoms with E-state index in [9.17, 15) is 0 Å². The molecule has 0 bridgehead atoms. The summed E-state index contributed by atoms with van der Waals surface area (Å²) in [6, 6.07) is 39.7. The molecule has 47 heavy (non-hydrogen) atoms. The lowest BCUT2D eigenvalue weighted by atomic mass is 9.82. The molecule has 0 spiro atoms. The molecule has 0 atom stereocenters. The van der Waals surface area contributed by atoms with Crippen LogP contribution in [0.15, 0.2) is 109 Å². The first-order valence-electron chi connectivity index (χ1n) is 16.5. The van der Waals surface area contributed by atoms with Gasteiger partial charge in [0.1, 0.15) is 0 Å². The van der Waals surface area contributed by atoms with Crippen LogP contribution in [0.2, 0.25) is 0 Å². The second-order valence-electron chi connectivity index (χ2n) is 14.9. The van der Waals surface area contributed by atoms with Gasteiger partial charge in [0.2, 0.25) is 0 Å². The Kier molecular flexibility index (Phi) is 7.64. The van der Waals surface area contributed by atoms with Crippen LogP contribution in [0.1, 0.15) is 63.8 Å². The minimum atomic E-state index is -0.0262. The second-order valence-corrected chi connectivity index (χ2v) is 16.0. The average molecular weight is 631 g/mol. The summed E-state index contributed by atoms with van der Waals surface area (Å²) in [5, 5.41) is 3.73.